The van der Waals surface area contributed by atoms with Crippen molar-refractivity contribution in [2.24, 2.45) is 0 Å². The quantitative estimate of drug-likeness (QED) is 0.856. The van der Waals surface area contributed by atoms with Crippen molar-refractivity contribution in [3.05, 3.63) is 11.9 Å². The first-order valence-corrected chi connectivity index (χ1v) is 5.76. The molecule has 18 heavy (non-hydrogen) atoms. The molecule has 1 unspecified atom stereocenters. The van der Waals surface area contributed by atoms with Crippen LogP contribution in [0.25, 0.3) is 0 Å². The van der Waals surface area contributed by atoms with Gasteiger partial charge in [0, 0.05) is 11.6 Å². The van der Waals surface area contributed by atoms with Gasteiger partial charge in [0.1, 0.15) is 18.0 Å². The fraction of sp³-hybridized carbons (Fsp3) is 0.636. The van der Waals surface area contributed by atoms with Gasteiger partial charge in [-0.2, -0.15) is 13.2 Å². The second-order valence-electron chi connectivity index (χ2n) is 4.20. The number of nitrogen functional groups attached to an aromatic ring is 1. The molecule has 0 saturated heterocycles. The Bertz CT molecular complexity index is 392. The Kier molecular flexibility index (Phi) is 4.75. The van der Waals surface area contributed by atoms with E-state index in [9.17, 15) is 13.2 Å². The monoisotopic (exact) mass is 262 g/mol. The van der Waals surface area contributed by atoms with Gasteiger partial charge in [0.2, 0.25) is 0 Å². The number of hydrogen-bond donors (Lipinski definition) is 2. The van der Waals surface area contributed by atoms with E-state index >= 15 is 0 Å². The number of nitrogens with one attached hydrogen (secondary N) is 1. The molecule has 0 aliphatic heterocycles. The standard InChI is InChI=1S/C11H17F3N4/c1-3-4-8-9(15)16-6-17-10(8)18-7(2)5-11(12,13)14/h6-7H,3-5H2,1-2H3,(H3,15,16,17,18). The van der Waals surface area contributed by atoms with Gasteiger partial charge in [-0.15, -0.1) is 0 Å². The second kappa shape index (κ2) is 5.88. The molecular weight excluding hydrogens is 245 g/mol. The molecule has 0 radical (unpaired) electrons. The highest BCUT2D eigenvalue weighted by atomic mass is 19.4. The zero-order valence-electron chi connectivity index (χ0n) is 10.4. The molecule has 4 nitrogen and oxygen atoms in total. The Morgan fingerprint density at radius 3 is 2.61 bits per heavy atom. The van der Waals surface area contributed by atoms with Crippen molar-refractivity contribution in [3.63, 3.8) is 0 Å². The van der Waals surface area contributed by atoms with Gasteiger partial charge in [-0.1, -0.05) is 13.3 Å². The van der Waals surface area contributed by atoms with E-state index in [-0.39, 0.29) is 0 Å². The summed E-state index contributed by atoms with van der Waals surface area (Å²) in [7, 11) is 0. The van der Waals surface area contributed by atoms with Crippen molar-refractivity contribution >= 4 is 11.6 Å². The second-order valence-corrected chi connectivity index (χ2v) is 4.20. The SMILES string of the molecule is CCCc1c(N)ncnc1NC(C)CC(F)(F)F. The van der Waals surface area contributed by atoms with E-state index in [1.165, 1.54) is 13.3 Å². The van der Waals surface area contributed by atoms with Gasteiger partial charge in [0.15, 0.2) is 0 Å². The first-order chi connectivity index (χ1) is 8.33. The Balaban J connectivity index is 2.80. The van der Waals surface area contributed by atoms with Crippen LogP contribution in [0.1, 0.15) is 32.3 Å². The molecule has 1 aromatic heterocycles. The molecule has 1 atom stereocenters. The minimum absolute atomic E-state index is 0.313. The Labute approximate surface area is 104 Å². The van der Waals surface area contributed by atoms with Gasteiger partial charge in [-0.25, -0.2) is 9.97 Å². The maximum Gasteiger partial charge on any atom is 0.391 e. The molecule has 0 amide bonds. The fourth-order valence-electron chi connectivity index (χ4n) is 1.68. The predicted molar refractivity (Wildman–Crippen MR) is 64.2 cm³/mol. The lowest BCUT2D eigenvalue weighted by atomic mass is 10.1. The Morgan fingerprint density at radius 2 is 2.06 bits per heavy atom. The number of aromatic nitrogens is 2. The number of nitrogens with zero attached hydrogens (tertiary/aromatic N) is 2. The summed E-state index contributed by atoms with van der Waals surface area (Å²) in [5.74, 6) is 0.703. The van der Waals surface area contributed by atoms with Gasteiger partial charge in [0.25, 0.3) is 0 Å². The molecule has 7 heteroatoms. The molecule has 0 bridgehead atoms. The average Bonchev–Trinajstić information content (AvgIpc) is 2.20. The van der Waals surface area contributed by atoms with Crippen molar-refractivity contribution in [3.8, 4) is 0 Å². The zero-order valence-corrected chi connectivity index (χ0v) is 10.4. The van der Waals surface area contributed by atoms with E-state index in [4.69, 9.17) is 5.73 Å². The van der Waals surface area contributed by atoms with Crippen LogP contribution in [0.2, 0.25) is 0 Å². The van der Waals surface area contributed by atoms with Crippen LogP contribution < -0.4 is 11.1 Å². The van der Waals surface area contributed by atoms with Crippen LogP contribution >= 0.6 is 0 Å². The highest BCUT2D eigenvalue weighted by Gasteiger charge is 2.30. The third kappa shape index (κ3) is 4.38. The van der Waals surface area contributed by atoms with E-state index in [0.717, 1.165) is 6.42 Å². The summed E-state index contributed by atoms with van der Waals surface area (Å²) in [4.78, 5) is 7.80. The first kappa shape index (κ1) is 14.5. The number of anilines is 2. The summed E-state index contributed by atoms with van der Waals surface area (Å²) < 4.78 is 36.7. The lowest BCUT2D eigenvalue weighted by molar-refractivity contribution is -0.136. The minimum atomic E-state index is -4.20. The number of halogens is 3. The maximum absolute atomic E-state index is 12.2. The van der Waals surface area contributed by atoms with Crippen LogP contribution in [-0.2, 0) is 6.42 Å². The normalized spacial score (nSPS) is 13.4. The van der Waals surface area contributed by atoms with E-state index in [0.29, 0.717) is 23.6 Å². The highest BCUT2D eigenvalue weighted by molar-refractivity contribution is 5.55. The van der Waals surface area contributed by atoms with E-state index in [1.807, 2.05) is 6.92 Å². The van der Waals surface area contributed by atoms with Crippen molar-refractivity contribution in [1.29, 1.82) is 0 Å². The van der Waals surface area contributed by atoms with E-state index < -0.39 is 18.6 Å². The number of alkyl halides is 3. The van der Waals surface area contributed by atoms with Gasteiger partial charge in [0.05, 0.1) is 6.42 Å². The summed E-state index contributed by atoms with van der Waals surface area (Å²) in [6.07, 6.45) is -2.41. The van der Waals surface area contributed by atoms with Crippen LogP contribution in [-0.4, -0.2) is 22.2 Å². The predicted octanol–water partition coefficient (Wildman–Crippen LogP) is 2.76. The molecule has 0 fully saturated rings. The molecule has 0 saturated carbocycles. The Morgan fingerprint density at radius 1 is 1.39 bits per heavy atom. The first-order valence-electron chi connectivity index (χ1n) is 5.76. The van der Waals surface area contributed by atoms with Crippen molar-refractivity contribution < 1.29 is 13.2 Å². The van der Waals surface area contributed by atoms with Crippen LogP contribution in [0, 0.1) is 0 Å². The molecule has 1 rings (SSSR count). The number of nitrogens with two attached hydrogens (primary N) is 1. The van der Waals surface area contributed by atoms with Crippen molar-refractivity contribution in [1.82, 2.24) is 9.97 Å². The molecule has 1 heterocycles. The molecule has 0 aliphatic carbocycles. The third-order valence-electron chi connectivity index (χ3n) is 2.40. The minimum Gasteiger partial charge on any atom is -0.383 e. The highest BCUT2D eigenvalue weighted by Crippen LogP contribution is 2.25. The van der Waals surface area contributed by atoms with E-state index in [1.54, 1.807) is 0 Å². The van der Waals surface area contributed by atoms with Crippen LogP contribution in [0.4, 0.5) is 24.8 Å². The number of rotatable bonds is 5. The summed E-state index contributed by atoms with van der Waals surface area (Å²) in [6, 6.07) is -0.755. The van der Waals surface area contributed by atoms with Gasteiger partial charge < -0.3 is 11.1 Å². The average molecular weight is 262 g/mol. The van der Waals surface area contributed by atoms with Crippen LogP contribution in [0.5, 0.6) is 0 Å². The molecule has 102 valence electrons. The van der Waals surface area contributed by atoms with Crippen molar-refractivity contribution in [2.75, 3.05) is 11.1 Å². The van der Waals surface area contributed by atoms with E-state index in [2.05, 4.69) is 15.3 Å². The molecule has 1 aromatic rings. The smallest absolute Gasteiger partial charge is 0.383 e. The summed E-state index contributed by atoms with van der Waals surface area (Å²) in [6.45, 7) is 3.41. The summed E-state index contributed by atoms with van der Waals surface area (Å²) in [5.41, 5.74) is 6.37. The summed E-state index contributed by atoms with van der Waals surface area (Å²) >= 11 is 0. The molecular formula is C11H17F3N4. The molecule has 0 aliphatic rings. The van der Waals surface area contributed by atoms with Crippen molar-refractivity contribution in [2.45, 2.75) is 45.3 Å². The number of hydrogen-bond acceptors (Lipinski definition) is 4. The van der Waals surface area contributed by atoms with Crippen LogP contribution in [0.15, 0.2) is 6.33 Å². The zero-order chi connectivity index (χ0) is 13.8. The topological polar surface area (TPSA) is 63.8 Å². The van der Waals surface area contributed by atoms with Gasteiger partial charge in [-0.3, -0.25) is 0 Å². The third-order valence-corrected chi connectivity index (χ3v) is 2.40. The molecule has 0 aromatic carbocycles. The molecule has 3 N–H and O–H groups in total. The lowest BCUT2D eigenvalue weighted by Gasteiger charge is -2.18. The van der Waals surface area contributed by atoms with Crippen LogP contribution in [0.3, 0.4) is 0 Å². The Hall–Kier alpha value is -1.53. The maximum atomic E-state index is 12.2. The fourth-order valence-corrected chi connectivity index (χ4v) is 1.68. The summed E-state index contributed by atoms with van der Waals surface area (Å²) in [5, 5.41) is 2.74. The molecule has 0 spiro atoms. The largest absolute Gasteiger partial charge is 0.391 e. The van der Waals surface area contributed by atoms with Gasteiger partial charge in [-0.05, 0) is 13.3 Å². The van der Waals surface area contributed by atoms with Gasteiger partial charge >= 0.3 is 6.18 Å². The lowest BCUT2D eigenvalue weighted by Crippen LogP contribution is -2.25.